The van der Waals surface area contributed by atoms with E-state index in [-0.39, 0.29) is 35.1 Å². The smallest absolute Gasteiger partial charge is 0.416 e. The molecule has 1 amide bonds. The Kier molecular flexibility index (Phi) is 7.92. The molecular weight excluding hydrogens is 449 g/mol. The van der Waals surface area contributed by atoms with Crippen LogP contribution in [-0.2, 0) is 20.9 Å². The molecule has 0 spiro atoms. The number of rotatable bonds is 8. The molecule has 0 aromatic heterocycles. The van der Waals surface area contributed by atoms with E-state index in [1.165, 1.54) is 33.3 Å². The minimum absolute atomic E-state index is 0.0196. The lowest BCUT2D eigenvalue weighted by atomic mass is 10.1. The van der Waals surface area contributed by atoms with Gasteiger partial charge in [0, 0.05) is 26.8 Å². The molecule has 2 aromatic carbocycles. The number of methoxy groups -OCH3 is 1. The lowest BCUT2D eigenvalue weighted by Crippen LogP contribution is -2.24. The first-order valence-corrected chi connectivity index (χ1v) is 10.9. The summed E-state index contributed by atoms with van der Waals surface area (Å²) in [5.74, 6) is -0.757. The van der Waals surface area contributed by atoms with Crippen molar-refractivity contribution in [2.45, 2.75) is 24.9 Å². The summed E-state index contributed by atoms with van der Waals surface area (Å²) in [6.07, 6.45) is -4.63. The number of ether oxygens (including phenoxy) is 2. The number of hydrogen-bond donors (Lipinski definition) is 1. The van der Waals surface area contributed by atoms with Crippen molar-refractivity contribution in [3.8, 4) is 5.75 Å². The van der Waals surface area contributed by atoms with Gasteiger partial charge in [-0.2, -0.15) is 13.2 Å². The molecule has 0 fully saturated rings. The Hall–Kier alpha value is -2.63. The number of benzene rings is 2. The molecule has 0 saturated heterocycles. The average molecular weight is 475 g/mol. The van der Waals surface area contributed by atoms with E-state index in [0.717, 1.165) is 22.5 Å². The van der Waals surface area contributed by atoms with Crippen LogP contribution in [0.25, 0.3) is 0 Å². The van der Waals surface area contributed by atoms with Gasteiger partial charge in [-0.25, -0.2) is 12.7 Å². The van der Waals surface area contributed by atoms with Crippen LogP contribution in [0.2, 0.25) is 0 Å². The molecule has 0 atom stereocenters. The van der Waals surface area contributed by atoms with Crippen molar-refractivity contribution in [2.75, 3.05) is 39.7 Å². The van der Waals surface area contributed by atoms with E-state index in [4.69, 9.17) is 9.47 Å². The van der Waals surface area contributed by atoms with Gasteiger partial charge in [-0.05, 0) is 55.3 Å². The van der Waals surface area contributed by atoms with E-state index in [0.29, 0.717) is 11.1 Å². The Morgan fingerprint density at radius 2 is 1.75 bits per heavy atom. The molecule has 0 bridgehead atoms. The number of carbonyl (C=O) groups is 1. The number of halogens is 3. The maximum atomic E-state index is 13.2. The van der Waals surface area contributed by atoms with E-state index < -0.39 is 27.7 Å². The van der Waals surface area contributed by atoms with Crippen LogP contribution in [0.5, 0.6) is 5.75 Å². The Morgan fingerprint density at radius 1 is 1.09 bits per heavy atom. The number of nitrogens with one attached hydrogen (secondary N) is 1. The molecule has 0 heterocycles. The molecule has 1 N–H and O–H groups in total. The minimum Gasteiger partial charge on any atom is -0.489 e. The van der Waals surface area contributed by atoms with Gasteiger partial charge in [0.2, 0.25) is 10.0 Å². The van der Waals surface area contributed by atoms with Crippen molar-refractivity contribution in [1.82, 2.24) is 4.31 Å². The highest BCUT2D eigenvalue weighted by atomic mass is 32.2. The summed E-state index contributed by atoms with van der Waals surface area (Å²) in [6.45, 7) is 3.50. The van der Waals surface area contributed by atoms with Crippen LogP contribution in [0.3, 0.4) is 0 Å². The quantitative estimate of drug-likeness (QED) is 0.588. The molecule has 11 heteroatoms. The maximum absolute atomic E-state index is 13.2. The fourth-order valence-electron chi connectivity index (χ4n) is 2.78. The van der Waals surface area contributed by atoms with Crippen LogP contribution in [0, 0.1) is 13.8 Å². The lowest BCUT2D eigenvalue weighted by Gasteiger charge is -2.18. The number of anilines is 1. The largest absolute Gasteiger partial charge is 0.489 e. The van der Waals surface area contributed by atoms with Crippen molar-refractivity contribution in [3.63, 3.8) is 0 Å². The Balaban J connectivity index is 2.48. The predicted molar refractivity (Wildman–Crippen MR) is 114 cm³/mol. The second-order valence-corrected chi connectivity index (χ2v) is 9.33. The molecule has 0 unspecified atom stereocenters. The summed E-state index contributed by atoms with van der Waals surface area (Å²) < 4.78 is 76.1. The molecule has 0 aliphatic heterocycles. The van der Waals surface area contributed by atoms with Gasteiger partial charge in [0.1, 0.15) is 12.4 Å². The number of sulfonamides is 1. The number of alkyl halides is 3. The normalized spacial score (nSPS) is 12.2. The highest BCUT2D eigenvalue weighted by Gasteiger charge is 2.31. The van der Waals surface area contributed by atoms with Crippen LogP contribution >= 0.6 is 0 Å². The Labute approximate surface area is 185 Å². The average Bonchev–Trinajstić information content (AvgIpc) is 2.69. The van der Waals surface area contributed by atoms with Crippen LogP contribution < -0.4 is 10.1 Å². The highest BCUT2D eigenvalue weighted by Crippen LogP contribution is 2.35. The topological polar surface area (TPSA) is 84.9 Å². The number of hydrogen-bond acceptors (Lipinski definition) is 5. The molecule has 176 valence electrons. The van der Waals surface area contributed by atoms with Crippen LogP contribution in [0.1, 0.15) is 27.0 Å². The van der Waals surface area contributed by atoms with Gasteiger partial charge >= 0.3 is 6.18 Å². The highest BCUT2D eigenvalue weighted by molar-refractivity contribution is 7.89. The maximum Gasteiger partial charge on any atom is 0.416 e. The van der Waals surface area contributed by atoms with Crippen molar-refractivity contribution in [2.24, 2.45) is 0 Å². The summed E-state index contributed by atoms with van der Waals surface area (Å²) in [5.41, 5.74) is -0.176. The molecule has 2 aromatic rings. The van der Waals surface area contributed by atoms with Crippen molar-refractivity contribution < 1.29 is 35.9 Å². The molecule has 0 aliphatic rings. The van der Waals surface area contributed by atoms with Crippen LogP contribution in [-0.4, -0.2) is 53.0 Å². The van der Waals surface area contributed by atoms with E-state index in [1.807, 2.05) is 0 Å². The SMILES string of the molecule is COCCOc1ccc(C(F)(F)F)cc1NC(=O)c1cc(C)c(C)c(S(=O)(=O)N(C)C)c1. The molecule has 0 radical (unpaired) electrons. The van der Waals surface area contributed by atoms with E-state index in [9.17, 15) is 26.4 Å². The minimum atomic E-state index is -4.63. The summed E-state index contributed by atoms with van der Waals surface area (Å²) in [4.78, 5) is 12.8. The van der Waals surface area contributed by atoms with Crippen LogP contribution in [0.15, 0.2) is 35.2 Å². The summed E-state index contributed by atoms with van der Waals surface area (Å²) >= 11 is 0. The standard InChI is InChI=1S/C21H25F3N2O5S/c1-13-10-15(11-19(14(13)2)32(28,29)26(3)4)20(27)25-17-12-16(21(22,23)24)6-7-18(17)31-9-8-30-5/h6-7,10-12H,8-9H2,1-5H3,(H,25,27). The van der Waals surface area contributed by atoms with Gasteiger partial charge in [-0.3, -0.25) is 4.79 Å². The first-order valence-electron chi connectivity index (χ1n) is 9.47. The molecule has 0 aliphatic carbocycles. The van der Waals surface area contributed by atoms with Gasteiger partial charge in [0.05, 0.1) is 22.8 Å². The van der Waals surface area contributed by atoms with Crippen molar-refractivity contribution >= 4 is 21.6 Å². The number of aryl methyl sites for hydroxylation is 1. The van der Waals surface area contributed by atoms with E-state index in [1.54, 1.807) is 13.8 Å². The zero-order chi connectivity index (χ0) is 24.3. The van der Waals surface area contributed by atoms with Crippen LogP contribution in [0.4, 0.5) is 18.9 Å². The van der Waals surface area contributed by atoms with Crippen molar-refractivity contribution in [3.05, 3.63) is 52.6 Å². The predicted octanol–water partition coefficient (Wildman–Crippen LogP) is 3.85. The van der Waals surface area contributed by atoms with Crippen molar-refractivity contribution in [1.29, 1.82) is 0 Å². The lowest BCUT2D eigenvalue weighted by molar-refractivity contribution is -0.137. The van der Waals surface area contributed by atoms with E-state index >= 15 is 0 Å². The first kappa shape index (κ1) is 25.6. The molecule has 2 rings (SSSR count). The number of nitrogens with zero attached hydrogens (tertiary/aromatic N) is 1. The third-order valence-corrected chi connectivity index (χ3v) is 6.68. The van der Waals surface area contributed by atoms with Gasteiger partial charge in [0.15, 0.2) is 0 Å². The van der Waals surface area contributed by atoms with Gasteiger partial charge < -0.3 is 14.8 Å². The van der Waals surface area contributed by atoms with Gasteiger partial charge in [-0.1, -0.05) is 0 Å². The fourth-order valence-corrected chi connectivity index (χ4v) is 4.00. The second kappa shape index (κ2) is 9.88. The fraction of sp³-hybridized carbons (Fsp3) is 0.381. The number of amides is 1. The monoisotopic (exact) mass is 474 g/mol. The Morgan fingerprint density at radius 3 is 2.31 bits per heavy atom. The zero-order valence-electron chi connectivity index (χ0n) is 18.3. The summed E-state index contributed by atoms with van der Waals surface area (Å²) in [5, 5.41) is 2.41. The summed E-state index contributed by atoms with van der Waals surface area (Å²) in [7, 11) is 0.329. The number of carbonyl (C=O) groups excluding carboxylic acids is 1. The third kappa shape index (κ3) is 5.78. The molecule has 7 nitrogen and oxygen atoms in total. The summed E-state index contributed by atoms with van der Waals surface area (Å²) in [6, 6.07) is 5.38. The first-order chi connectivity index (χ1) is 14.8. The molecule has 32 heavy (non-hydrogen) atoms. The molecule has 0 saturated carbocycles. The van der Waals surface area contributed by atoms with E-state index in [2.05, 4.69) is 5.32 Å². The zero-order valence-corrected chi connectivity index (χ0v) is 19.1. The molecular formula is C21H25F3N2O5S. The Bertz CT molecular complexity index is 1100. The van der Waals surface area contributed by atoms with Gasteiger partial charge in [-0.15, -0.1) is 0 Å². The third-order valence-electron chi connectivity index (χ3n) is 4.74. The van der Waals surface area contributed by atoms with Gasteiger partial charge in [0.25, 0.3) is 5.91 Å². The second-order valence-electron chi connectivity index (χ2n) is 7.21.